The highest BCUT2D eigenvalue weighted by Gasteiger charge is 2.40. The minimum atomic E-state index is -1.91. The monoisotopic (exact) mass is 1970 g/mol. The van der Waals surface area contributed by atoms with Gasteiger partial charge in [0.25, 0.3) is 0 Å². The van der Waals surface area contributed by atoms with Crippen LogP contribution in [0.25, 0.3) is 0 Å². The molecule has 144 heavy (non-hydrogen) atoms. The van der Waals surface area contributed by atoms with E-state index in [1.165, 1.54) is 12.1 Å². The van der Waals surface area contributed by atoms with Crippen LogP contribution in [-0.4, -0.2) is 51.0 Å². The third-order valence-corrected chi connectivity index (χ3v) is 32.0. The maximum Gasteiger partial charge on any atom is 0.514 e. The van der Waals surface area contributed by atoms with Crippen LogP contribution in [0.1, 0.15) is 116 Å². The lowest BCUT2D eigenvalue weighted by Crippen LogP contribution is -2.21. The summed E-state index contributed by atoms with van der Waals surface area (Å²) in [6, 6.07) is 136. The van der Waals surface area contributed by atoms with E-state index < -0.39 is 107 Å². The molecular formula is C124H100O16P4. The van der Waals surface area contributed by atoms with Gasteiger partial charge < -0.3 is 56.0 Å². The standard InChI is InChI=1S/C124H100O16P4/c1-5-77-129-121(125)133-113-85-114(134-122(126)130-78-6-2)106-81-105(113)101(73-69-89-45-21-9-22-46-89)109-83-110(118(138-142(95-57-33-15-34-58-95)96-59-35-16-36-60-96)87-117(109)137-141(93-53-29-13-30-54-93)94-55-31-14-32-56-94)103(75-71-91-49-25-11-26-50-91)107-82-108(116(136-124(128)132-80-8-4)86-115(107)135-123(127)131-79-7-3)104(76-72-92-51-27-12-28-52-92)112-84-111(102(106)74-70-90-47-23-10-24-48-90)119(139-143(97-61-37-17-38-62-97)98-63-39-18-40-64-98)88-120(112)140-144(99-65-41-19-42-66-99)100-67-43-20-44-68-100/h1-4,9-68,81-88,101-104H,69-80H2/t101-,102+,103+,104-. The molecule has 4 atom stereocenters. The Kier molecular flexibility index (Phi) is 34.7. The number of benzene rings is 16. The average Bonchev–Trinajstić information content (AvgIpc) is 0.736. The van der Waals surface area contributed by atoms with E-state index in [4.69, 9.17) is 81.7 Å². The van der Waals surface area contributed by atoms with Gasteiger partial charge in [0, 0.05) is 135 Å². The molecule has 1 aliphatic rings. The molecule has 0 aliphatic heterocycles. The maximum absolute atomic E-state index is 15.4. The molecular weight excluding hydrogens is 1870 g/mol. The Balaban J connectivity index is 1.12. The Bertz CT molecular complexity index is 6180. The summed E-state index contributed by atoms with van der Waals surface area (Å²) in [6.45, 7) is -2.00. The van der Waals surface area contributed by atoms with Crippen molar-refractivity contribution in [3.8, 4) is 95.4 Å². The van der Waals surface area contributed by atoms with Crippen molar-refractivity contribution in [2.24, 2.45) is 0 Å². The summed E-state index contributed by atoms with van der Waals surface area (Å²) >= 11 is 0. The van der Waals surface area contributed by atoms with Crippen molar-refractivity contribution < 1.29 is 75.2 Å². The lowest BCUT2D eigenvalue weighted by Gasteiger charge is -2.33. The molecule has 8 bridgehead atoms. The predicted octanol–water partition coefficient (Wildman–Crippen LogP) is 25.4. The highest BCUT2D eigenvalue weighted by Crippen LogP contribution is 2.58. The van der Waals surface area contributed by atoms with Crippen LogP contribution in [0.4, 0.5) is 19.2 Å². The molecule has 0 N–H and O–H groups in total. The SMILES string of the molecule is C#CCOC(=O)Oc1cc(OC(=O)OCC#C)c2cc1[C@@H](CCc1ccccc1)c1cc(c(OP(c3ccccc3)c3ccccc3)cc1OP(c1ccccc1)c1ccccc1)[C@@H](CCc1ccccc1)c1cc(c(OC(=O)OCC#C)cc1OC(=O)OCC#C)[C@@H](CCc1ccccc1)c1cc(c(OP(c3ccccc3)c3ccccc3)cc1OP(c1ccccc1)c1ccccc1)[C@H]2CCc1ccccc1. The number of terminal acetylenes is 4. The smallest absolute Gasteiger partial charge is 0.464 e. The fraction of sp³-hybridized carbons (Fsp3) is 0.129. The highest BCUT2D eigenvalue weighted by molar-refractivity contribution is 7.70. The molecule has 17 rings (SSSR count). The first-order valence-electron chi connectivity index (χ1n) is 47.2. The van der Waals surface area contributed by atoms with E-state index in [-0.39, 0.29) is 48.7 Å². The summed E-state index contributed by atoms with van der Waals surface area (Å²) in [5, 5.41) is 6.76. The van der Waals surface area contributed by atoms with Crippen molar-refractivity contribution in [1.82, 2.24) is 0 Å². The largest absolute Gasteiger partial charge is 0.514 e. The molecule has 0 saturated carbocycles. The molecule has 712 valence electrons. The van der Waals surface area contributed by atoms with Crippen molar-refractivity contribution in [3.05, 3.63) is 479 Å². The lowest BCUT2D eigenvalue weighted by atomic mass is 9.76. The van der Waals surface area contributed by atoms with E-state index >= 15 is 19.2 Å². The van der Waals surface area contributed by atoms with Gasteiger partial charge in [-0.25, -0.2) is 19.2 Å². The van der Waals surface area contributed by atoms with Crippen LogP contribution >= 0.6 is 32.6 Å². The van der Waals surface area contributed by atoms with Crippen LogP contribution in [0.2, 0.25) is 0 Å². The number of carbonyl (C=O) groups excluding carboxylic acids is 4. The number of fused-ring (bicyclic) bond motifs is 8. The average molecular weight is 1970 g/mol. The Morgan fingerprint density at radius 3 is 0.507 bits per heavy atom. The van der Waals surface area contributed by atoms with E-state index in [1.54, 1.807) is 0 Å². The Morgan fingerprint density at radius 1 is 0.201 bits per heavy atom. The van der Waals surface area contributed by atoms with E-state index in [0.29, 0.717) is 93.2 Å². The lowest BCUT2D eigenvalue weighted by molar-refractivity contribution is 0.107. The molecule has 16 nitrogen and oxygen atoms in total. The van der Waals surface area contributed by atoms with Crippen LogP contribution in [-0.2, 0) is 44.6 Å². The first kappa shape index (κ1) is 99.3. The van der Waals surface area contributed by atoms with Crippen molar-refractivity contribution in [3.63, 3.8) is 0 Å². The van der Waals surface area contributed by atoms with Gasteiger partial charge >= 0.3 is 24.6 Å². The second-order valence-corrected chi connectivity index (χ2v) is 40.8. The van der Waals surface area contributed by atoms with Gasteiger partial charge in [0.2, 0.25) is 0 Å². The van der Waals surface area contributed by atoms with Gasteiger partial charge in [-0.05, 0) is 97.9 Å². The minimum Gasteiger partial charge on any atom is -0.464 e. The first-order chi connectivity index (χ1) is 70.9. The zero-order valence-electron chi connectivity index (χ0n) is 78.7. The van der Waals surface area contributed by atoms with Gasteiger partial charge in [-0.15, -0.1) is 25.7 Å². The molecule has 0 spiro atoms. The molecule has 0 heterocycles. The third-order valence-electron chi connectivity index (χ3n) is 24.4. The number of rotatable bonds is 36. The highest BCUT2D eigenvalue weighted by atomic mass is 31.1. The second kappa shape index (κ2) is 50.2. The number of hydrogen-bond acceptors (Lipinski definition) is 16. The van der Waals surface area contributed by atoms with Crippen LogP contribution in [0.5, 0.6) is 46.0 Å². The van der Waals surface area contributed by atoms with Crippen molar-refractivity contribution >= 4 is 99.7 Å². The summed E-state index contributed by atoms with van der Waals surface area (Å²) in [5.74, 6) is 6.46. The van der Waals surface area contributed by atoms with E-state index in [0.717, 1.165) is 64.7 Å². The summed E-state index contributed by atoms with van der Waals surface area (Å²) < 4.78 is 83.7. The summed E-state index contributed by atoms with van der Waals surface area (Å²) in [7, 11) is -7.63. The molecule has 0 amide bonds. The number of ether oxygens (including phenoxy) is 8. The topological polar surface area (TPSA) is 179 Å². The second-order valence-electron chi connectivity index (χ2n) is 33.6. The third kappa shape index (κ3) is 25.7. The molecule has 16 aromatic rings. The summed E-state index contributed by atoms with van der Waals surface area (Å²) in [4.78, 5) is 61.5. The van der Waals surface area contributed by atoms with Gasteiger partial charge in [-0.1, -0.05) is 388 Å². The normalized spacial score (nSPS) is 13.4. The van der Waals surface area contributed by atoms with Crippen molar-refractivity contribution in [2.45, 2.75) is 75.0 Å². The van der Waals surface area contributed by atoms with Crippen molar-refractivity contribution in [1.29, 1.82) is 0 Å². The molecule has 16 aromatic carbocycles. The van der Waals surface area contributed by atoms with Gasteiger partial charge in [-0.3, -0.25) is 0 Å². The number of hydrogen-bond donors (Lipinski definition) is 0. The fourth-order valence-electron chi connectivity index (χ4n) is 17.8. The Morgan fingerprint density at radius 2 is 0.347 bits per heavy atom. The molecule has 1 aliphatic carbocycles. The van der Waals surface area contributed by atoms with Crippen molar-refractivity contribution in [2.75, 3.05) is 26.4 Å². The summed E-state index contributed by atoms with van der Waals surface area (Å²) in [5.41, 5.74) is 7.26. The van der Waals surface area contributed by atoms with Crippen LogP contribution in [0, 0.1) is 49.4 Å². The van der Waals surface area contributed by atoms with Gasteiger partial charge in [-0.2, -0.15) is 0 Å². The predicted molar refractivity (Wildman–Crippen MR) is 574 cm³/mol. The first-order valence-corrected chi connectivity index (χ1v) is 52.3. The molecule has 0 radical (unpaired) electrons. The maximum atomic E-state index is 15.4. The Labute approximate surface area is 845 Å². The van der Waals surface area contributed by atoms with E-state index in [1.807, 2.05) is 340 Å². The molecule has 0 unspecified atom stereocenters. The van der Waals surface area contributed by atoms with Gasteiger partial charge in [0.15, 0.2) is 59.0 Å². The van der Waals surface area contributed by atoms with E-state index in [9.17, 15) is 0 Å². The van der Waals surface area contributed by atoms with E-state index in [2.05, 4.69) is 84.3 Å². The number of carbonyl (C=O) groups is 4. The quantitative estimate of drug-likeness (QED) is 0.0119. The van der Waals surface area contributed by atoms with Crippen LogP contribution in [0.3, 0.4) is 0 Å². The Hall–Kier alpha value is -16.2. The molecule has 0 aromatic heterocycles. The van der Waals surface area contributed by atoms with Gasteiger partial charge in [0.05, 0.1) is 0 Å². The van der Waals surface area contributed by atoms with Crippen LogP contribution < -0.4 is 79.5 Å². The zero-order valence-corrected chi connectivity index (χ0v) is 82.3. The fourth-order valence-corrected chi connectivity index (χ4v) is 24.8. The molecule has 0 saturated heterocycles. The minimum absolute atomic E-state index is 0.129. The summed E-state index contributed by atoms with van der Waals surface area (Å²) in [6.07, 6.45) is 21.3. The molecule has 0 fully saturated rings. The van der Waals surface area contributed by atoms with Gasteiger partial charge in [0.1, 0.15) is 46.0 Å². The zero-order chi connectivity index (χ0) is 99.0. The van der Waals surface area contributed by atoms with Crippen LogP contribution in [0.15, 0.2) is 413 Å². The number of aryl methyl sites for hydroxylation is 4. The molecule has 20 heteroatoms.